The lowest BCUT2D eigenvalue weighted by Crippen LogP contribution is -2.52. The van der Waals surface area contributed by atoms with E-state index in [2.05, 4.69) is 22.5 Å². The Morgan fingerprint density at radius 3 is 2.62 bits per heavy atom. The summed E-state index contributed by atoms with van der Waals surface area (Å²) in [4.78, 5) is 28.3. The van der Waals surface area contributed by atoms with Gasteiger partial charge in [-0.1, -0.05) is 12.8 Å². The number of carbonyl (C=O) groups is 2. The Labute approximate surface area is 132 Å². The van der Waals surface area contributed by atoms with E-state index in [4.69, 9.17) is 0 Å². The third-order valence-corrected chi connectivity index (χ3v) is 4.95. The molecule has 6 nitrogen and oxygen atoms in total. The molecule has 3 aliphatic rings. The van der Waals surface area contributed by atoms with Crippen molar-refractivity contribution in [2.75, 3.05) is 32.7 Å². The lowest BCUT2D eigenvalue weighted by Gasteiger charge is -2.34. The number of urea groups is 1. The highest BCUT2D eigenvalue weighted by molar-refractivity contribution is 6.07. The molecular formula is C14H25ClN4O2. The number of imide groups is 1. The summed E-state index contributed by atoms with van der Waals surface area (Å²) in [5.41, 5.74) is -0.563. The number of halogens is 1. The smallest absolute Gasteiger partial charge is 0.323 e. The molecule has 0 unspecified atom stereocenters. The average molecular weight is 317 g/mol. The van der Waals surface area contributed by atoms with Crippen LogP contribution in [0.25, 0.3) is 0 Å². The molecule has 3 rings (SSSR count). The number of amides is 3. The van der Waals surface area contributed by atoms with Crippen molar-refractivity contribution in [3.63, 3.8) is 0 Å². The number of nitrogens with zero attached hydrogens (tertiary/aromatic N) is 2. The summed E-state index contributed by atoms with van der Waals surface area (Å²) in [6.45, 7) is 6.40. The number of nitrogens with one attached hydrogen (secondary N) is 2. The van der Waals surface area contributed by atoms with Gasteiger partial charge in [0.1, 0.15) is 5.54 Å². The Morgan fingerprint density at radius 1 is 1.24 bits per heavy atom. The molecule has 0 aromatic carbocycles. The molecule has 120 valence electrons. The first kappa shape index (κ1) is 16.5. The Bertz CT molecular complexity index is 412. The highest BCUT2D eigenvalue weighted by Gasteiger charge is 2.52. The van der Waals surface area contributed by atoms with Crippen LogP contribution in [0.5, 0.6) is 0 Å². The van der Waals surface area contributed by atoms with E-state index in [9.17, 15) is 9.59 Å². The summed E-state index contributed by atoms with van der Waals surface area (Å²) >= 11 is 0. The number of carbonyl (C=O) groups excluding carboxylic acids is 2. The van der Waals surface area contributed by atoms with Crippen LogP contribution in [0.15, 0.2) is 0 Å². The normalized spacial score (nSPS) is 28.8. The highest BCUT2D eigenvalue weighted by atomic mass is 35.5. The van der Waals surface area contributed by atoms with Gasteiger partial charge in [0.2, 0.25) is 0 Å². The van der Waals surface area contributed by atoms with Crippen LogP contribution in [-0.2, 0) is 4.79 Å². The molecule has 0 bridgehead atoms. The van der Waals surface area contributed by atoms with Crippen LogP contribution in [0.3, 0.4) is 0 Å². The fourth-order valence-corrected chi connectivity index (χ4v) is 3.64. The second kappa shape index (κ2) is 6.50. The van der Waals surface area contributed by atoms with Gasteiger partial charge in [-0.15, -0.1) is 12.4 Å². The predicted molar refractivity (Wildman–Crippen MR) is 82.6 cm³/mol. The van der Waals surface area contributed by atoms with Crippen molar-refractivity contribution in [2.24, 2.45) is 0 Å². The topological polar surface area (TPSA) is 64.7 Å². The van der Waals surface area contributed by atoms with E-state index in [0.29, 0.717) is 12.6 Å². The molecule has 3 fully saturated rings. The average Bonchev–Trinajstić information content (AvgIpc) is 2.98. The molecule has 2 N–H and O–H groups in total. The van der Waals surface area contributed by atoms with E-state index in [1.807, 2.05) is 0 Å². The second-order valence-electron chi connectivity index (χ2n) is 6.27. The van der Waals surface area contributed by atoms with Crippen LogP contribution >= 0.6 is 12.4 Å². The van der Waals surface area contributed by atoms with Crippen LogP contribution in [0, 0.1) is 0 Å². The van der Waals surface area contributed by atoms with Gasteiger partial charge in [0.15, 0.2) is 0 Å². The fourth-order valence-electron chi connectivity index (χ4n) is 3.64. The summed E-state index contributed by atoms with van der Waals surface area (Å²) in [5, 5.41) is 6.28. The molecule has 3 amide bonds. The number of piperazine rings is 1. The molecule has 21 heavy (non-hydrogen) atoms. The minimum absolute atomic E-state index is 0. The SMILES string of the molecule is C[C@H]1CNCCN1CCN1C(=O)NC2(CCCC2)C1=O.Cl. The zero-order valence-electron chi connectivity index (χ0n) is 12.6. The molecule has 2 aliphatic heterocycles. The van der Waals surface area contributed by atoms with E-state index < -0.39 is 5.54 Å². The quantitative estimate of drug-likeness (QED) is 0.747. The summed E-state index contributed by atoms with van der Waals surface area (Å²) in [5.74, 6) is 0.00258. The van der Waals surface area contributed by atoms with Gasteiger partial charge in [-0.25, -0.2) is 4.79 Å². The van der Waals surface area contributed by atoms with Crippen LogP contribution in [-0.4, -0.2) is 66.0 Å². The van der Waals surface area contributed by atoms with Gasteiger partial charge in [0.25, 0.3) is 5.91 Å². The lowest BCUT2D eigenvalue weighted by molar-refractivity contribution is -0.131. The first-order chi connectivity index (χ1) is 9.62. The molecule has 1 atom stereocenters. The second-order valence-corrected chi connectivity index (χ2v) is 6.27. The minimum Gasteiger partial charge on any atom is -0.323 e. The van der Waals surface area contributed by atoms with Gasteiger partial charge in [0.05, 0.1) is 0 Å². The predicted octanol–water partition coefficient (Wildman–Crippen LogP) is 0.567. The largest absolute Gasteiger partial charge is 0.325 e. The lowest BCUT2D eigenvalue weighted by atomic mass is 9.98. The molecule has 0 radical (unpaired) electrons. The third kappa shape index (κ3) is 3.03. The number of hydrogen-bond donors (Lipinski definition) is 2. The summed E-state index contributed by atoms with van der Waals surface area (Å²) in [6.07, 6.45) is 3.68. The van der Waals surface area contributed by atoms with E-state index in [-0.39, 0.29) is 24.3 Å². The van der Waals surface area contributed by atoms with Crippen molar-refractivity contribution in [2.45, 2.75) is 44.2 Å². The van der Waals surface area contributed by atoms with Crippen LogP contribution in [0.4, 0.5) is 4.79 Å². The Kier molecular flexibility index (Phi) is 5.11. The maximum atomic E-state index is 12.5. The maximum absolute atomic E-state index is 12.5. The van der Waals surface area contributed by atoms with Gasteiger partial charge in [-0.05, 0) is 19.8 Å². The number of rotatable bonds is 3. The van der Waals surface area contributed by atoms with Gasteiger partial charge < -0.3 is 10.6 Å². The van der Waals surface area contributed by atoms with Gasteiger partial charge in [-0.3, -0.25) is 14.6 Å². The van der Waals surface area contributed by atoms with Crippen molar-refractivity contribution in [1.29, 1.82) is 0 Å². The van der Waals surface area contributed by atoms with Crippen LogP contribution in [0.1, 0.15) is 32.6 Å². The maximum Gasteiger partial charge on any atom is 0.325 e. The molecule has 2 saturated heterocycles. The zero-order chi connectivity index (χ0) is 14.2. The van der Waals surface area contributed by atoms with Crippen LogP contribution < -0.4 is 10.6 Å². The van der Waals surface area contributed by atoms with Crippen molar-refractivity contribution in [3.8, 4) is 0 Å². The molecule has 1 spiro atoms. The van der Waals surface area contributed by atoms with Crippen molar-refractivity contribution >= 4 is 24.3 Å². The first-order valence-electron chi connectivity index (χ1n) is 7.71. The van der Waals surface area contributed by atoms with Gasteiger partial charge in [0, 0.05) is 38.8 Å². The van der Waals surface area contributed by atoms with E-state index in [0.717, 1.165) is 51.9 Å². The van der Waals surface area contributed by atoms with E-state index in [1.54, 1.807) is 0 Å². The van der Waals surface area contributed by atoms with Gasteiger partial charge >= 0.3 is 6.03 Å². The molecule has 1 aliphatic carbocycles. The van der Waals surface area contributed by atoms with Crippen LogP contribution in [0.2, 0.25) is 0 Å². The van der Waals surface area contributed by atoms with Gasteiger partial charge in [-0.2, -0.15) is 0 Å². The molecule has 7 heteroatoms. The molecule has 0 aromatic heterocycles. The standard InChI is InChI=1S/C14H24N4O2.ClH/c1-11-10-15-6-7-17(11)8-9-18-12(19)14(16-13(18)20)4-2-3-5-14;/h11,15H,2-10H2,1H3,(H,16,20);1H/t11-;/m0./s1. The molecule has 0 aromatic rings. The third-order valence-electron chi connectivity index (χ3n) is 4.95. The van der Waals surface area contributed by atoms with E-state index >= 15 is 0 Å². The molecule has 2 heterocycles. The Hall–Kier alpha value is -0.850. The van der Waals surface area contributed by atoms with E-state index in [1.165, 1.54) is 4.90 Å². The summed E-state index contributed by atoms with van der Waals surface area (Å²) in [7, 11) is 0. The van der Waals surface area contributed by atoms with Crippen molar-refractivity contribution in [1.82, 2.24) is 20.4 Å². The summed E-state index contributed by atoms with van der Waals surface area (Å²) in [6, 6.07) is 0.268. The molecular weight excluding hydrogens is 292 g/mol. The zero-order valence-corrected chi connectivity index (χ0v) is 13.4. The molecule has 1 saturated carbocycles. The Balaban J connectivity index is 0.00000161. The minimum atomic E-state index is -0.563. The van der Waals surface area contributed by atoms with Crippen molar-refractivity contribution < 1.29 is 9.59 Å². The summed E-state index contributed by atoms with van der Waals surface area (Å²) < 4.78 is 0. The van der Waals surface area contributed by atoms with Crippen molar-refractivity contribution in [3.05, 3.63) is 0 Å². The Morgan fingerprint density at radius 2 is 1.95 bits per heavy atom. The number of hydrogen-bond acceptors (Lipinski definition) is 4. The first-order valence-corrected chi connectivity index (χ1v) is 7.71. The monoisotopic (exact) mass is 316 g/mol. The highest BCUT2D eigenvalue weighted by Crippen LogP contribution is 2.34. The fraction of sp³-hybridized carbons (Fsp3) is 0.857.